The minimum atomic E-state index is -0.635. The minimum absolute atomic E-state index is 0.0352. The molecule has 2 atom stereocenters. The molecule has 0 bridgehead atoms. The molecule has 164 valence electrons. The lowest BCUT2D eigenvalue weighted by atomic mass is 9.78. The number of hydrogen-bond acceptors (Lipinski definition) is 3. The first-order chi connectivity index (χ1) is 15.0. The van der Waals surface area contributed by atoms with Crippen LogP contribution >= 0.6 is 0 Å². The maximum absolute atomic E-state index is 13.4. The van der Waals surface area contributed by atoms with Crippen molar-refractivity contribution in [2.75, 3.05) is 19.7 Å². The van der Waals surface area contributed by atoms with E-state index in [-0.39, 0.29) is 24.0 Å². The highest BCUT2D eigenvalue weighted by molar-refractivity contribution is 5.87. The van der Waals surface area contributed by atoms with Crippen molar-refractivity contribution in [3.05, 3.63) is 60.2 Å². The van der Waals surface area contributed by atoms with Crippen LogP contribution in [0.25, 0.3) is 11.1 Å². The summed E-state index contributed by atoms with van der Waals surface area (Å²) < 4.78 is 5.62. The highest BCUT2D eigenvalue weighted by Crippen LogP contribution is 2.38. The standard InChI is InChI=1S/C26H32N2O3/c1-19(2)27-25(30)26(14-15-28(18-26)24(29)23-13-8-16-31-23)17-21-11-6-7-12-22(21)20-9-4-3-5-10-20/h3-7,9-12,19,23H,8,13-18H2,1-2H3,(H,27,30). The van der Waals surface area contributed by atoms with Crippen molar-refractivity contribution < 1.29 is 14.3 Å². The number of hydrogen-bond donors (Lipinski definition) is 1. The second-order valence-electron chi connectivity index (χ2n) is 9.12. The zero-order valence-corrected chi connectivity index (χ0v) is 18.5. The number of nitrogens with one attached hydrogen (secondary N) is 1. The second-order valence-corrected chi connectivity index (χ2v) is 9.12. The van der Waals surface area contributed by atoms with Crippen LogP contribution in [0.1, 0.15) is 38.7 Å². The molecule has 2 unspecified atom stereocenters. The monoisotopic (exact) mass is 420 g/mol. The van der Waals surface area contributed by atoms with Gasteiger partial charge in [0.25, 0.3) is 5.91 Å². The number of ether oxygens (including phenoxy) is 1. The Hall–Kier alpha value is -2.66. The molecule has 1 N–H and O–H groups in total. The summed E-state index contributed by atoms with van der Waals surface area (Å²) in [6.45, 7) is 5.64. The molecule has 2 aromatic rings. The van der Waals surface area contributed by atoms with E-state index >= 15 is 0 Å². The molecule has 2 aromatic carbocycles. The van der Waals surface area contributed by atoms with E-state index < -0.39 is 5.41 Å². The van der Waals surface area contributed by atoms with Crippen molar-refractivity contribution in [1.82, 2.24) is 10.2 Å². The first-order valence-corrected chi connectivity index (χ1v) is 11.3. The zero-order chi connectivity index (χ0) is 21.8. The molecule has 31 heavy (non-hydrogen) atoms. The van der Waals surface area contributed by atoms with Crippen molar-refractivity contribution >= 4 is 11.8 Å². The van der Waals surface area contributed by atoms with Crippen molar-refractivity contribution in [2.24, 2.45) is 5.41 Å². The van der Waals surface area contributed by atoms with E-state index in [2.05, 4.69) is 29.6 Å². The quantitative estimate of drug-likeness (QED) is 0.773. The maximum atomic E-state index is 13.4. The number of benzene rings is 2. The summed E-state index contributed by atoms with van der Waals surface area (Å²) in [5.74, 6) is 0.0704. The fourth-order valence-corrected chi connectivity index (χ4v) is 4.80. The number of carbonyl (C=O) groups is 2. The van der Waals surface area contributed by atoms with Gasteiger partial charge in [0.15, 0.2) is 0 Å². The van der Waals surface area contributed by atoms with Crippen LogP contribution in [0.5, 0.6) is 0 Å². The first-order valence-electron chi connectivity index (χ1n) is 11.3. The van der Waals surface area contributed by atoms with Crippen LogP contribution in [-0.4, -0.2) is 48.6 Å². The molecule has 0 spiro atoms. The summed E-state index contributed by atoms with van der Waals surface area (Å²) in [6.07, 6.45) is 2.62. The number of likely N-dealkylation sites (tertiary alicyclic amines) is 1. The SMILES string of the molecule is CC(C)NC(=O)C1(Cc2ccccc2-c2ccccc2)CCN(C(=O)C2CCCO2)C1. The predicted octanol–water partition coefficient (Wildman–Crippen LogP) is 3.82. The molecule has 0 radical (unpaired) electrons. The first kappa shape index (κ1) is 21.6. The molecule has 2 heterocycles. The van der Waals surface area contributed by atoms with Gasteiger partial charge in [0, 0.05) is 25.7 Å². The molecule has 2 fully saturated rings. The molecule has 0 aliphatic carbocycles. The van der Waals surface area contributed by atoms with E-state index in [4.69, 9.17) is 4.74 Å². The van der Waals surface area contributed by atoms with Gasteiger partial charge in [-0.15, -0.1) is 0 Å². The number of rotatable bonds is 6. The number of amides is 2. The molecule has 0 saturated carbocycles. The Morgan fingerprint density at radius 1 is 1.13 bits per heavy atom. The Bertz CT molecular complexity index is 921. The van der Waals surface area contributed by atoms with E-state index in [0.717, 1.165) is 29.5 Å². The Kier molecular flexibility index (Phi) is 6.42. The molecule has 0 aromatic heterocycles. The molecule has 2 aliphatic heterocycles. The van der Waals surface area contributed by atoms with E-state index in [9.17, 15) is 9.59 Å². The van der Waals surface area contributed by atoms with Crippen molar-refractivity contribution in [3.8, 4) is 11.1 Å². The molecule has 2 aliphatic rings. The third-order valence-corrected chi connectivity index (χ3v) is 6.40. The summed E-state index contributed by atoms with van der Waals surface area (Å²) in [5.41, 5.74) is 2.79. The Morgan fingerprint density at radius 3 is 2.58 bits per heavy atom. The summed E-state index contributed by atoms with van der Waals surface area (Å²) in [6, 6.07) is 18.6. The van der Waals surface area contributed by atoms with Crippen LogP contribution in [0.3, 0.4) is 0 Å². The lowest BCUT2D eigenvalue weighted by Crippen LogP contribution is -2.48. The zero-order valence-electron chi connectivity index (χ0n) is 18.5. The van der Waals surface area contributed by atoms with Gasteiger partial charge in [0.2, 0.25) is 5.91 Å². The molecular weight excluding hydrogens is 388 g/mol. The van der Waals surface area contributed by atoms with Gasteiger partial charge in [-0.3, -0.25) is 9.59 Å². The van der Waals surface area contributed by atoms with Gasteiger partial charge in [0.1, 0.15) is 6.10 Å². The van der Waals surface area contributed by atoms with E-state index in [1.54, 1.807) is 0 Å². The summed E-state index contributed by atoms with van der Waals surface area (Å²) in [4.78, 5) is 28.3. The molecule has 5 nitrogen and oxygen atoms in total. The topological polar surface area (TPSA) is 58.6 Å². The molecule has 5 heteroatoms. The Morgan fingerprint density at radius 2 is 1.87 bits per heavy atom. The van der Waals surface area contributed by atoms with Crippen LogP contribution < -0.4 is 5.32 Å². The third-order valence-electron chi connectivity index (χ3n) is 6.40. The normalized spacial score (nSPS) is 23.3. The van der Waals surface area contributed by atoms with Crippen LogP contribution in [0, 0.1) is 5.41 Å². The second kappa shape index (κ2) is 9.23. The fraction of sp³-hybridized carbons (Fsp3) is 0.462. The largest absolute Gasteiger partial charge is 0.368 e. The number of nitrogens with zero attached hydrogens (tertiary/aromatic N) is 1. The highest BCUT2D eigenvalue weighted by Gasteiger charge is 2.47. The molecule has 2 amide bonds. The van der Waals surface area contributed by atoms with Gasteiger partial charge < -0.3 is 15.0 Å². The predicted molar refractivity (Wildman–Crippen MR) is 121 cm³/mol. The summed E-state index contributed by atoms with van der Waals surface area (Å²) in [5, 5.41) is 3.13. The van der Waals surface area contributed by atoms with E-state index in [0.29, 0.717) is 32.5 Å². The van der Waals surface area contributed by atoms with Crippen molar-refractivity contribution in [2.45, 2.75) is 51.7 Å². The smallest absolute Gasteiger partial charge is 0.251 e. The van der Waals surface area contributed by atoms with Gasteiger partial charge in [-0.25, -0.2) is 0 Å². The van der Waals surface area contributed by atoms with Crippen LogP contribution in [-0.2, 0) is 20.7 Å². The summed E-state index contributed by atoms with van der Waals surface area (Å²) in [7, 11) is 0. The minimum Gasteiger partial charge on any atom is -0.368 e. The lowest BCUT2D eigenvalue weighted by molar-refractivity contribution is -0.141. The average Bonchev–Trinajstić information content (AvgIpc) is 3.45. The van der Waals surface area contributed by atoms with Crippen LogP contribution in [0.2, 0.25) is 0 Å². The third kappa shape index (κ3) is 4.67. The molecule has 2 saturated heterocycles. The fourth-order valence-electron chi connectivity index (χ4n) is 4.80. The summed E-state index contributed by atoms with van der Waals surface area (Å²) >= 11 is 0. The maximum Gasteiger partial charge on any atom is 0.251 e. The van der Waals surface area contributed by atoms with Crippen LogP contribution in [0.4, 0.5) is 0 Å². The van der Waals surface area contributed by atoms with Gasteiger partial charge >= 0.3 is 0 Å². The van der Waals surface area contributed by atoms with E-state index in [1.807, 2.05) is 49.1 Å². The van der Waals surface area contributed by atoms with Gasteiger partial charge in [-0.1, -0.05) is 54.6 Å². The van der Waals surface area contributed by atoms with Crippen molar-refractivity contribution in [3.63, 3.8) is 0 Å². The van der Waals surface area contributed by atoms with Crippen molar-refractivity contribution in [1.29, 1.82) is 0 Å². The average molecular weight is 421 g/mol. The lowest BCUT2D eigenvalue weighted by Gasteiger charge is -2.30. The van der Waals surface area contributed by atoms with Crippen LogP contribution in [0.15, 0.2) is 54.6 Å². The van der Waals surface area contributed by atoms with Gasteiger partial charge in [0.05, 0.1) is 5.41 Å². The molecule has 4 rings (SSSR count). The Labute approximate surface area is 184 Å². The van der Waals surface area contributed by atoms with E-state index in [1.165, 1.54) is 0 Å². The highest BCUT2D eigenvalue weighted by atomic mass is 16.5. The number of carbonyl (C=O) groups excluding carboxylic acids is 2. The van der Waals surface area contributed by atoms with Gasteiger partial charge in [-0.05, 0) is 56.2 Å². The molecular formula is C26H32N2O3. The Balaban J connectivity index is 1.63. The van der Waals surface area contributed by atoms with Gasteiger partial charge in [-0.2, -0.15) is 0 Å².